The number of fused-ring (bicyclic) bond motifs is 20. The highest BCUT2D eigenvalue weighted by Crippen LogP contribution is 2.53. The van der Waals surface area contributed by atoms with Gasteiger partial charge in [0, 0.05) is 69.3 Å². The molecule has 0 fully saturated rings. The van der Waals surface area contributed by atoms with Gasteiger partial charge in [-0.05, 0) is 114 Å². The van der Waals surface area contributed by atoms with E-state index in [1.807, 2.05) is 6.07 Å². The van der Waals surface area contributed by atoms with Crippen LogP contribution < -0.4 is 0 Å². The molecule has 0 atom stereocenters. The molecule has 17 rings (SSSR count). The van der Waals surface area contributed by atoms with Gasteiger partial charge in [0.05, 0.1) is 71.6 Å². The van der Waals surface area contributed by atoms with Crippen molar-refractivity contribution in [3.8, 4) is 34.9 Å². The second-order valence-electron chi connectivity index (χ2n) is 25.5. The highest BCUT2D eigenvalue weighted by atomic mass is 32.1. The molecule has 0 bridgehead atoms. The highest BCUT2D eigenvalue weighted by Gasteiger charge is 2.37. The summed E-state index contributed by atoms with van der Waals surface area (Å²) < 4.78 is 19.1. The van der Waals surface area contributed by atoms with Gasteiger partial charge < -0.3 is 22.7 Å². The molecule has 410 valence electrons. The Kier molecular flexibility index (Phi) is 10.3. The van der Waals surface area contributed by atoms with Crippen LogP contribution in [0, 0.1) is 36.5 Å². The molecule has 0 aliphatic heterocycles. The first-order valence-corrected chi connectivity index (χ1v) is 30.4. The second kappa shape index (κ2) is 17.6. The minimum Gasteiger partial charge on any atom is -0.454 e. The third-order valence-corrected chi connectivity index (χ3v) is 19.8. The van der Waals surface area contributed by atoms with E-state index in [4.69, 9.17) is 4.42 Å². The standard InChI is InChI=1S/C78H56N6OS/c1-43-37-54-51-34-35-52-50-25-14-20-32-67(50)86-76(52)73(51)84(65(54)38-44(43)2)69-57(41-79)70(81-60-27-15-9-21-46(60)47-22-10-16-28-61(47)81)74(71(58(69)42-80)82-62-29-17-11-23-48(62)49-24-12-18-30-63(49)82)83-64-36-33-45(77(3,4)5)39-55(64)56-40-59(78(6,7)8)68-53-26-13-19-31-66(53)85-75(68)72(56)83/h9-40H,1-8H3. The van der Waals surface area contributed by atoms with Crippen molar-refractivity contribution < 1.29 is 4.42 Å². The van der Waals surface area contributed by atoms with E-state index >= 15 is 0 Å². The predicted molar refractivity (Wildman–Crippen MR) is 360 cm³/mol. The first kappa shape index (κ1) is 50.2. The van der Waals surface area contributed by atoms with Gasteiger partial charge in [-0.2, -0.15) is 10.5 Å². The fourth-order valence-electron chi connectivity index (χ4n) is 14.5. The van der Waals surface area contributed by atoms with Gasteiger partial charge in [0.25, 0.3) is 0 Å². The normalized spacial score (nSPS) is 12.6. The summed E-state index contributed by atoms with van der Waals surface area (Å²) in [6.45, 7) is 18.0. The number of para-hydroxylation sites is 5. The average Bonchev–Trinajstić information content (AvgIpc) is 1.51. The van der Waals surface area contributed by atoms with Crippen LogP contribution in [0.2, 0.25) is 0 Å². The summed E-state index contributed by atoms with van der Waals surface area (Å²) in [7, 11) is 0. The quantitative estimate of drug-likeness (QED) is 0.176. The monoisotopic (exact) mass is 1120 g/mol. The van der Waals surface area contributed by atoms with Gasteiger partial charge in [-0.25, -0.2) is 0 Å². The lowest BCUT2D eigenvalue weighted by Gasteiger charge is -2.27. The van der Waals surface area contributed by atoms with Gasteiger partial charge >= 0.3 is 0 Å². The number of furan rings is 1. The molecule has 6 heterocycles. The molecule has 0 aliphatic rings. The Balaban J connectivity index is 1.23. The zero-order valence-electron chi connectivity index (χ0n) is 49.0. The minimum atomic E-state index is -0.306. The molecule has 0 saturated carbocycles. The van der Waals surface area contributed by atoms with Gasteiger partial charge in [-0.1, -0.05) is 169 Å². The highest BCUT2D eigenvalue weighted by molar-refractivity contribution is 7.26. The van der Waals surface area contributed by atoms with Crippen molar-refractivity contribution in [2.75, 3.05) is 0 Å². The third-order valence-electron chi connectivity index (χ3n) is 18.6. The number of hydrogen-bond donors (Lipinski definition) is 0. The lowest BCUT2D eigenvalue weighted by molar-refractivity contribution is 0.591. The van der Waals surface area contributed by atoms with Crippen molar-refractivity contribution in [3.63, 3.8) is 0 Å². The molecule has 0 N–H and O–H groups in total. The topological polar surface area (TPSA) is 80.4 Å². The molecule has 0 aliphatic carbocycles. The minimum absolute atomic E-state index is 0.205. The number of aromatic nitrogens is 4. The van der Waals surface area contributed by atoms with E-state index in [0.29, 0.717) is 33.9 Å². The summed E-state index contributed by atoms with van der Waals surface area (Å²) in [4.78, 5) is 0. The third kappa shape index (κ3) is 6.65. The summed E-state index contributed by atoms with van der Waals surface area (Å²) in [5.41, 5.74) is 16.2. The molecular weight excluding hydrogens is 1070 g/mol. The first-order valence-electron chi connectivity index (χ1n) is 29.5. The lowest BCUT2D eigenvalue weighted by atomic mass is 9.82. The zero-order valence-corrected chi connectivity index (χ0v) is 49.8. The number of aryl methyl sites for hydroxylation is 2. The molecule has 11 aromatic carbocycles. The molecule has 8 heteroatoms. The van der Waals surface area contributed by atoms with E-state index in [1.54, 1.807) is 11.3 Å². The molecule has 0 unspecified atom stereocenters. The van der Waals surface area contributed by atoms with E-state index in [0.717, 1.165) is 130 Å². The number of rotatable bonds is 4. The van der Waals surface area contributed by atoms with Crippen molar-refractivity contribution in [3.05, 3.63) is 228 Å². The molecular formula is C78H56N6OS. The summed E-state index contributed by atoms with van der Waals surface area (Å²) in [6, 6.07) is 75.7. The molecule has 17 aromatic rings. The van der Waals surface area contributed by atoms with Crippen LogP contribution in [0.25, 0.3) is 152 Å². The Morgan fingerprint density at radius 2 is 0.872 bits per heavy atom. The Hall–Kier alpha value is -10.4. The van der Waals surface area contributed by atoms with Gasteiger partial charge in [0.2, 0.25) is 0 Å². The molecule has 0 radical (unpaired) electrons. The molecule has 0 spiro atoms. The number of benzene rings is 11. The zero-order chi connectivity index (χ0) is 58.4. The molecule has 0 amide bonds. The first-order chi connectivity index (χ1) is 41.7. The van der Waals surface area contributed by atoms with Crippen molar-refractivity contribution in [1.29, 1.82) is 10.5 Å². The van der Waals surface area contributed by atoms with Gasteiger partial charge in [0.1, 0.15) is 28.8 Å². The van der Waals surface area contributed by atoms with Crippen LogP contribution in [0.5, 0.6) is 0 Å². The number of nitrogens with zero attached hydrogens (tertiary/aromatic N) is 6. The van der Waals surface area contributed by atoms with Gasteiger partial charge in [-0.3, -0.25) is 0 Å². The van der Waals surface area contributed by atoms with Crippen LogP contribution >= 0.6 is 11.3 Å². The van der Waals surface area contributed by atoms with Crippen LogP contribution in [0.4, 0.5) is 0 Å². The Morgan fingerprint density at radius 3 is 1.44 bits per heavy atom. The van der Waals surface area contributed by atoms with E-state index in [2.05, 4.69) is 274 Å². The van der Waals surface area contributed by atoms with Crippen LogP contribution in [0.1, 0.15) is 74.9 Å². The van der Waals surface area contributed by atoms with Gasteiger partial charge in [0.15, 0.2) is 5.58 Å². The second-order valence-corrected chi connectivity index (χ2v) is 26.6. The SMILES string of the molecule is Cc1cc2c3ccc4c5ccccc5sc4c3n(-c3c(C#N)c(-n4c5ccccc5c5ccccc54)c(-n4c5ccc(C(C)(C)C)cc5c5cc(C(C)(C)C)c6c7ccccc7oc6c54)c(-n4c5ccccc5c5ccccc54)c3C#N)c2cc1C. The predicted octanol–water partition coefficient (Wildman–Crippen LogP) is 21.3. The molecule has 86 heavy (non-hydrogen) atoms. The van der Waals surface area contributed by atoms with Crippen molar-refractivity contribution in [2.24, 2.45) is 0 Å². The van der Waals surface area contributed by atoms with Crippen molar-refractivity contribution in [2.45, 2.75) is 66.2 Å². The fourth-order valence-corrected chi connectivity index (χ4v) is 15.8. The summed E-state index contributed by atoms with van der Waals surface area (Å²) >= 11 is 1.76. The Labute approximate surface area is 499 Å². The van der Waals surface area contributed by atoms with Crippen LogP contribution in [-0.2, 0) is 10.8 Å². The summed E-state index contributed by atoms with van der Waals surface area (Å²) in [5.74, 6) is 0. The van der Waals surface area contributed by atoms with Crippen LogP contribution in [0.15, 0.2) is 199 Å². The number of nitriles is 2. The van der Waals surface area contributed by atoms with E-state index in [1.165, 1.54) is 21.2 Å². The largest absolute Gasteiger partial charge is 0.454 e. The van der Waals surface area contributed by atoms with E-state index < -0.39 is 0 Å². The van der Waals surface area contributed by atoms with Gasteiger partial charge in [-0.15, -0.1) is 11.3 Å². The van der Waals surface area contributed by atoms with Crippen molar-refractivity contribution >= 4 is 141 Å². The molecule has 7 nitrogen and oxygen atoms in total. The number of thiophene rings is 1. The van der Waals surface area contributed by atoms with Crippen LogP contribution in [0.3, 0.4) is 0 Å². The summed E-state index contributed by atoms with van der Waals surface area (Å²) in [6.07, 6.45) is 0. The van der Waals surface area contributed by atoms with Crippen LogP contribution in [-0.4, -0.2) is 18.3 Å². The lowest BCUT2D eigenvalue weighted by Crippen LogP contribution is -2.17. The average molecular weight is 1130 g/mol. The van der Waals surface area contributed by atoms with Crippen molar-refractivity contribution in [1.82, 2.24) is 18.3 Å². The fraction of sp³-hybridized carbons (Fsp3) is 0.128. The summed E-state index contributed by atoms with van der Waals surface area (Å²) in [5, 5.41) is 38.8. The van der Waals surface area contributed by atoms with E-state index in [9.17, 15) is 10.5 Å². The maximum Gasteiger partial charge on any atom is 0.160 e. The van der Waals surface area contributed by atoms with E-state index in [-0.39, 0.29) is 10.8 Å². The molecule has 0 saturated heterocycles. The maximum absolute atomic E-state index is 13.0. The smallest absolute Gasteiger partial charge is 0.160 e. The maximum atomic E-state index is 13.0. The Bertz CT molecular complexity index is 5720. The molecule has 6 aromatic heterocycles. The number of hydrogen-bond acceptors (Lipinski definition) is 4. The Morgan fingerprint density at radius 1 is 0.384 bits per heavy atom.